The van der Waals surface area contributed by atoms with Crippen LogP contribution in [0, 0.1) is 0 Å². The number of aromatic nitrogens is 1. The minimum Gasteiger partial charge on any atom is -0.395 e. The molecule has 2 aliphatic rings. The summed E-state index contributed by atoms with van der Waals surface area (Å²) in [4.78, 5) is 21.0. The standard InChI is InChI=1S/C15H22N4O2/c20-11-10-18-6-8-19(9-7-18)15(21)13-2-1-5-16-14(13)17-12-3-4-12/h1-2,5,12,20H,3-4,6-11H2,(H,16,17). The van der Waals surface area contributed by atoms with E-state index in [9.17, 15) is 4.79 Å². The van der Waals surface area contributed by atoms with Crippen LogP contribution in [0.3, 0.4) is 0 Å². The number of pyridine rings is 1. The quantitative estimate of drug-likeness (QED) is 0.822. The van der Waals surface area contributed by atoms with Gasteiger partial charge in [0.2, 0.25) is 0 Å². The van der Waals surface area contributed by atoms with Gasteiger partial charge in [-0.1, -0.05) is 0 Å². The number of nitrogens with zero attached hydrogens (tertiary/aromatic N) is 3. The molecule has 21 heavy (non-hydrogen) atoms. The number of carbonyl (C=O) groups excluding carboxylic acids is 1. The molecule has 1 aromatic heterocycles. The first kappa shape index (κ1) is 14.3. The maximum atomic E-state index is 12.7. The van der Waals surface area contributed by atoms with E-state index in [1.165, 1.54) is 0 Å². The summed E-state index contributed by atoms with van der Waals surface area (Å²) < 4.78 is 0. The fourth-order valence-corrected chi connectivity index (χ4v) is 2.60. The summed E-state index contributed by atoms with van der Waals surface area (Å²) in [7, 11) is 0. The Morgan fingerprint density at radius 2 is 2.10 bits per heavy atom. The lowest BCUT2D eigenvalue weighted by molar-refractivity contribution is 0.0615. The largest absolute Gasteiger partial charge is 0.395 e. The van der Waals surface area contributed by atoms with E-state index < -0.39 is 0 Å². The molecule has 1 aliphatic carbocycles. The predicted molar refractivity (Wildman–Crippen MR) is 80.3 cm³/mol. The molecule has 0 radical (unpaired) electrons. The van der Waals surface area contributed by atoms with E-state index in [4.69, 9.17) is 5.11 Å². The minimum absolute atomic E-state index is 0.0508. The van der Waals surface area contributed by atoms with Crippen molar-refractivity contribution in [1.82, 2.24) is 14.8 Å². The molecule has 6 nitrogen and oxygen atoms in total. The number of β-amino-alcohol motifs (C(OH)–C–C–N with tert-alkyl or cyclic N) is 1. The Labute approximate surface area is 124 Å². The van der Waals surface area contributed by atoms with Crippen molar-refractivity contribution in [3.8, 4) is 0 Å². The summed E-state index contributed by atoms with van der Waals surface area (Å²) in [5.41, 5.74) is 0.667. The highest BCUT2D eigenvalue weighted by Gasteiger charge is 2.27. The lowest BCUT2D eigenvalue weighted by Gasteiger charge is -2.34. The van der Waals surface area contributed by atoms with Crippen molar-refractivity contribution in [1.29, 1.82) is 0 Å². The Hall–Kier alpha value is -1.66. The third-order valence-corrected chi connectivity index (χ3v) is 4.03. The maximum Gasteiger partial charge on any atom is 0.257 e. The van der Waals surface area contributed by atoms with Gasteiger partial charge in [-0.3, -0.25) is 9.69 Å². The predicted octanol–water partition coefficient (Wildman–Crippen LogP) is 0.406. The highest BCUT2D eigenvalue weighted by Crippen LogP contribution is 2.26. The van der Waals surface area contributed by atoms with Crippen LogP contribution in [0.25, 0.3) is 0 Å². The van der Waals surface area contributed by atoms with Gasteiger partial charge in [-0.2, -0.15) is 0 Å². The van der Waals surface area contributed by atoms with Gasteiger partial charge in [0.1, 0.15) is 5.82 Å². The molecule has 0 bridgehead atoms. The summed E-state index contributed by atoms with van der Waals surface area (Å²) in [5.74, 6) is 0.762. The Bertz CT molecular complexity index is 496. The molecular formula is C15H22N4O2. The zero-order chi connectivity index (χ0) is 14.7. The van der Waals surface area contributed by atoms with Crippen molar-refractivity contribution in [3.63, 3.8) is 0 Å². The van der Waals surface area contributed by atoms with Gasteiger partial charge in [-0.05, 0) is 25.0 Å². The van der Waals surface area contributed by atoms with Gasteiger partial charge >= 0.3 is 0 Å². The van der Waals surface area contributed by atoms with Gasteiger partial charge in [0, 0.05) is 45.0 Å². The van der Waals surface area contributed by atoms with Crippen molar-refractivity contribution in [2.75, 3.05) is 44.6 Å². The molecule has 2 N–H and O–H groups in total. The van der Waals surface area contributed by atoms with Crippen LogP contribution in [-0.2, 0) is 0 Å². The number of rotatable bonds is 5. The first-order valence-corrected chi connectivity index (χ1v) is 7.62. The molecule has 0 atom stereocenters. The third-order valence-electron chi connectivity index (χ3n) is 4.03. The molecule has 0 spiro atoms. The van der Waals surface area contributed by atoms with Crippen molar-refractivity contribution < 1.29 is 9.90 Å². The summed E-state index contributed by atoms with van der Waals surface area (Å²) in [6.07, 6.45) is 4.04. The number of aliphatic hydroxyl groups is 1. The summed E-state index contributed by atoms with van der Waals surface area (Å²) in [5, 5.41) is 12.3. The second-order valence-electron chi connectivity index (χ2n) is 5.68. The highest BCUT2D eigenvalue weighted by molar-refractivity contribution is 5.98. The second kappa shape index (κ2) is 6.41. The van der Waals surface area contributed by atoms with E-state index in [2.05, 4.69) is 15.2 Å². The molecule has 1 saturated heterocycles. The Morgan fingerprint density at radius 1 is 1.33 bits per heavy atom. The molecule has 1 aliphatic heterocycles. The normalized spacial score (nSPS) is 19.6. The third kappa shape index (κ3) is 3.51. The van der Waals surface area contributed by atoms with Crippen LogP contribution in [0.2, 0.25) is 0 Å². The Kier molecular flexibility index (Phi) is 4.36. The van der Waals surface area contributed by atoms with Crippen LogP contribution in [-0.4, -0.2) is 71.2 Å². The molecule has 2 fully saturated rings. The minimum atomic E-state index is 0.0508. The molecule has 3 rings (SSSR count). The molecule has 1 aromatic rings. The van der Waals surface area contributed by atoms with Gasteiger partial charge < -0.3 is 15.3 Å². The van der Waals surface area contributed by atoms with E-state index in [-0.39, 0.29) is 12.5 Å². The average molecular weight is 290 g/mol. The van der Waals surface area contributed by atoms with E-state index in [0.717, 1.165) is 25.9 Å². The molecule has 1 amide bonds. The number of anilines is 1. The van der Waals surface area contributed by atoms with Gasteiger partial charge in [0.25, 0.3) is 5.91 Å². The molecule has 6 heteroatoms. The van der Waals surface area contributed by atoms with E-state index in [1.54, 1.807) is 6.20 Å². The zero-order valence-corrected chi connectivity index (χ0v) is 12.2. The molecule has 1 saturated carbocycles. The Balaban J connectivity index is 1.65. The van der Waals surface area contributed by atoms with Crippen LogP contribution in [0.15, 0.2) is 18.3 Å². The monoisotopic (exact) mass is 290 g/mol. The number of nitrogens with one attached hydrogen (secondary N) is 1. The van der Waals surface area contributed by atoms with Gasteiger partial charge in [0.15, 0.2) is 0 Å². The van der Waals surface area contributed by atoms with Crippen molar-refractivity contribution in [2.24, 2.45) is 0 Å². The average Bonchev–Trinajstić information content (AvgIpc) is 3.32. The molecular weight excluding hydrogens is 268 g/mol. The first-order valence-electron chi connectivity index (χ1n) is 7.62. The molecule has 114 valence electrons. The number of carbonyl (C=O) groups is 1. The fourth-order valence-electron chi connectivity index (χ4n) is 2.60. The SMILES string of the molecule is O=C(c1cccnc1NC1CC1)N1CCN(CCO)CC1. The first-order chi connectivity index (χ1) is 10.3. The molecule has 2 heterocycles. The second-order valence-corrected chi connectivity index (χ2v) is 5.68. The van der Waals surface area contributed by atoms with E-state index in [1.807, 2.05) is 17.0 Å². The van der Waals surface area contributed by atoms with Crippen molar-refractivity contribution in [3.05, 3.63) is 23.9 Å². The lowest BCUT2D eigenvalue weighted by Crippen LogP contribution is -2.49. The zero-order valence-electron chi connectivity index (χ0n) is 12.2. The van der Waals surface area contributed by atoms with Crippen LogP contribution < -0.4 is 5.32 Å². The fraction of sp³-hybridized carbons (Fsp3) is 0.600. The maximum absolute atomic E-state index is 12.7. The molecule has 0 aromatic carbocycles. The number of piperazine rings is 1. The highest BCUT2D eigenvalue weighted by atomic mass is 16.3. The lowest BCUT2D eigenvalue weighted by atomic mass is 10.2. The number of hydrogen-bond acceptors (Lipinski definition) is 5. The number of hydrogen-bond donors (Lipinski definition) is 2. The van der Waals surface area contributed by atoms with Crippen LogP contribution in [0.4, 0.5) is 5.82 Å². The Morgan fingerprint density at radius 3 is 2.76 bits per heavy atom. The smallest absolute Gasteiger partial charge is 0.257 e. The van der Waals surface area contributed by atoms with Crippen molar-refractivity contribution in [2.45, 2.75) is 18.9 Å². The van der Waals surface area contributed by atoms with Crippen LogP contribution >= 0.6 is 0 Å². The van der Waals surface area contributed by atoms with E-state index >= 15 is 0 Å². The topological polar surface area (TPSA) is 68.7 Å². The number of amides is 1. The van der Waals surface area contributed by atoms with Gasteiger partial charge in [-0.15, -0.1) is 0 Å². The number of aliphatic hydroxyl groups excluding tert-OH is 1. The van der Waals surface area contributed by atoms with Gasteiger partial charge in [-0.25, -0.2) is 4.98 Å². The van der Waals surface area contributed by atoms with Gasteiger partial charge in [0.05, 0.1) is 12.2 Å². The van der Waals surface area contributed by atoms with Crippen molar-refractivity contribution >= 4 is 11.7 Å². The summed E-state index contributed by atoms with van der Waals surface area (Å²) in [6, 6.07) is 4.14. The van der Waals surface area contributed by atoms with Crippen LogP contribution in [0.1, 0.15) is 23.2 Å². The van der Waals surface area contributed by atoms with Crippen LogP contribution in [0.5, 0.6) is 0 Å². The van der Waals surface area contributed by atoms with E-state index in [0.29, 0.717) is 37.1 Å². The summed E-state index contributed by atoms with van der Waals surface area (Å²) >= 11 is 0. The molecule has 0 unspecified atom stereocenters. The summed E-state index contributed by atoms with van der Waals surface area (Å²) in [6.45, 7) is 3.90.